The molecule has 0 N–H and O–H groups in total. The summed E-state index contributed by atoms with van der Waals surface area (Å²) in [7, 11) is 0. The molecule has 1 saturated carbocycles. The molecule has 1 fully saturated rings. The lowest BCUT2D eigenvalue weighted by atomic mass is 9.98. The van der Waals surface area contributed by atoms with Crippen molar-refractivity contribution in [1.82, 2.24) is 0 Å². The lowest BCUT2D eigenvalue weighted by Gasteiger charge is -2.21. The zero-order valence-electron chi connectivity index (χ0n) is 20.3. The second-order valence-electron chi connectivity index (χ2n) is 9.50. The van der Waals surface area contributed by atoms with E-state index < -0.39 is 0 Å². The van der Waals surface area contributed by atoms with Gasteiger partial charge in [-0.15, -0.1) is 0 Å². The monoisotopic (exact) mass is 420 g/mol. The molecule has 0 amide bonds. The molecule has 0 heterocycles. The summed E-state index contributed by atoms with van der Waals surface area (Å²) in [5.41, 5.74) is 0. The molecule has 0 saturated heterocycles. The molecule has 0 aromatic rings. The van der Waals surface area contributed by atoms with E-state index in [0.29, 0.717) is 6.42 Å². The first-order valence-corrected chi connectivity index (χ1v) is 13.7. The minimum absolute atomic E-state index is 0.0444. The topological polar surface area (TPSA) is 26.3 Å². The normalized spacial score (nSPS) is 15.1. The number of ether oxygens (including phenoxy) is 1. The molecular formula is C28H52O2. The van der Waals surface area contributed by atoms with Crippen molar-refractivity contribution < 1.29 is 9.53 Å². The summed E-state index contributed by atoms with van der Waals surface area (Å²) in [6, 6.07) is 0. The van der Waals surface area contributed by atoms with Crippen LogP contribution < -0.4 is 0 Å². The van der Waals surface area contributed by atoms with Crippen molar-refractivity contribution >= 4 is 5.97 Å². The average molecular weight is 421 g/mol. The largest absolute Gasteiger partial charge is 0.462 e. The van der Waals surface area contributed by atoms with Crippen molar-refractivity contribution in [3.8, 4) is 0 Å². The molecule has 176 valence electrons. The molecule has 0 radical (unpaired) electrons. The fraction of sp³-hybridized carbons (Fsp3) is 0.893. The summed E-state index contributed by atoms with van der Waals surface area (Å²) in [5.74, 6) is 0.0444. The lowest BCUT2D eigenvalue weighted by Crippen LogP contribution is -2.20. The third-order valence-electron chi connectivity index (χ3n) is 6.49. The molecule has 30 heavy (non-hydrogen) atoms. The highest BCUT2D eigenvalue weighted by molar-refractivity contribution is 5.69. The Balaban J connectivity index is 1.73. The molecule has 0 aromatic heterocycles. The van der Waals surface area contributed by atoms with Crippen LogP contribution in [0.3, 0.4) is 0 Å². The quantitative estimate of drug-likeness (QED) is 0.111. The number of hydrogen-bond donors (Lipinski definition) is 0. The molecule has 0 aromatic carbocycles. The molecule has 0 aliphatic heterocycles. The van der Waals surface area contributed by atoms with E-state index in [-0.39, 0.29) is 12.1 Å². The lowest BCUT2D eigenvalue weighted by molar-refractivity contribution is -0.150. The van der Waals surface area contributed by atoms with Gasteiger partial charge in [-0.1, -0.05) is 103 Å². The van der Waals surface area contributed by atoms with Crippen LogP contribution in [0.2, 0.25) is 0 Å². The Bertz CT molecular complexity index is 395. The third-order valence-corrected chi connectivity index (χ3v) is 6.49. The number of carbonyl (C=O) groups excluding carboxylic acids is 1. The van der Waals surface area contributed by atoms with Gasteiger partial charge in [0.1, 0.15) is 6.10 Å². The Hall–Kier alpha value is -0.790. The van der Waals surface area contributed by atoms with E-state index in [0.717, 1.165) is 19.3 Å². The van der Waals surface area contributed by atoms with Crippen LogP contribution in [0.5, 0.6) is 0 Å². The average Bonchev–Trinajstić information content (AvgIpc) is 2.76. The van der Waals surface area contributed by atoms with Crippen molar-refractivity contribution in [2.24, 2.45) is 0 Å². The molecule has 2 heteroatoms. The Morgan fingerprint density at radius 2 is 1.13 bits per heavy atom. The van der Waals surface area contributed by atoms with Crippen molar-refractivity contribution in [3.63, 3.8) is 0 Å². The minimum atomic E-state index is 0.0444. The molecule has 2 nitrogen and oxygen atoms in total. The van der Waals surface area contributed by atoms with Crippen LogP contribution in [0.1, 0.15) is 155 Å². The molecule has 0 unspecified atom stereocenters. The Kier molecular flexibility index (Phi) is 19.5. The van der Waals surface area contributed by atoms with Crippen molar-refractivity contribution in [1.29, 1.82) is 0 Å². The SMILES string of the molecule is CCCCCCCCC=CCCCCCCCCCCCC(=O)OC1CCCCC1. The van der Waals surface area contributed by atoms with Gasteiger partial charge in [-0.3, -0.25) is 4.79 Å². The van der Waals surface area contributed by atoms with Crippen LogP contribution in [-0.4, -0.2) is 12.1 Å². The van der Waals surface area contributed by atoms with Gasteiger partial charge in [0.15, 0.2) is 0 Å². The Labute approximate surface area is 188 Å². The van der Waals surface area contributed by atoms with E-state index >= 15 is 0 Å². The molecule has 1 aliphatic carbocycles. The van der Waals surface area contributed by atoms with Crippen molar-refractivity contribution in [2.75, 3.05) is 0 Å². The molecule has 0 bridgehead atoms. The second kappa shape index (κ2) is 21.4. The summed E-state index contributed by atoms with van der Waals surface area (Å²) in [5, 5.41) is 0. The van der Waals surface area contributed by atoms with Crippen LogP contribution in [0, 0.1) is 0 Å². The first kappa shape index (κ1) is 27.2. The van der Waals surface area contributed by atoms with E-state index in [1.807, 2.05) is 0 Å². The predicted molar refractivity (Wildman–Crippen MR) is 131 cm³/mol. The predicted octanol–water partition coefficient (Wildman–Crippen LogP) is 9.46. The van der Waals surface area contributed by atoms with E-state index in [4.69, 9.17) is 4.74 Å². The van der Waals surface area contributed by atoms with E-state index in [2.05, 4.69) is 19.1 Å². The van der Waals surface area contributed by atoms with E-state index in [1.54, 1.807) is 0 Å². The zero-order chi connectivity index (χ0) is 21.5. The minimum Gasteiger partial charge on any atom is -0.462 e. The number of hydrogen-bond acceptors (Lipinski definition) is 2. The fourth-order valence-corrected chi connectivity index (χ4v) is 4.47. The highest BCUT2D eigenvalue weighted by atomic mass is 16.5. The van der Waals surface area contributed by atoms with Gasteiger partial charge in [-0.05, 0) is 57.8 Å². The molecular weight excluding hydrogens is 368 g/mol. The molecule has 0 atom stereocenters. The van der Waals surface area contributed by atoms with Crippen LogP contribution in [-0.2, 0) is 9.53 Å². The Morgan fingerprint density at radius 3 is 1.67 bits per heavy atom. The highest BCUT2D eigenvalue weighted by Gasteiger charge is 2.17. The van der Waals surface area contributed by atoms with Gasteiger partial charge in [-0.25, -0.2) is 0 Å². The van der Waals surface area contributed by atoms with Crippen LogP contribution in [0.4, 0.5) is 0 Å². The number of allylic oxidation sites excluding steroid dienone is 2. The highest BCUT2D eigenvalue weighted by Crippen LogP contribution is 2.21. The number of carbonyl (C=O) groups is 1. The van der Waals surface area contributed by atoms with Crippen molar-refractivity contribution in [2.45, 2.75) is 161 Å². The van der Waals surface area contributed by atoms with Gasteiger partial charge in [0.25, 0.3) is 0 Å². The Morgan fingerprint density at radius 1 is 0.667 bits per heavy atom. The summed E-state index contributed by atoms with van der Waals surface area (Å²) in [6.45, 7) is 2.28. The van der Waals surface area contributed by atoms with Gasteiger partial charge >= 0.3 is 5.97 Å². The van der Waals surface area contributed by atoms with Gasteiger partial charge in [0, 0.05) is 6.42 Å². The summed E-state index contributed by atoms with van der Waals surface area (Å²) < 4.78 is 5.58. The van der Waals surface area contributed by atoms with Crippen molar-refractivity contribution in [3.05, 3.63) is 12.2 Å². The maximum absolute atomic E-state index is 11.9. The molecule has 1 aliphatic rings. The van der Waals surface area contributed by atoms with Crippen LogP contribution in [0.25, 0.3) is 0 Å². The number of unbranched alkanes of at least 4 members (excludes halogenated alkanes) is 15. The zero-order valence-corrected chi connectivity index (χ0v) is 20.3. The molecule has 0 spiro atoms. The van der Waals surface area contributed by atoms with Crippen LogP contribution in [0.15, 0.2) is 12.2 Å². The summed E-state index contributed by atoms with van der Waals surface area (Å²) in [4.78, 5) is 11.9. The fourth-order valence-electron chi connectivity index (χ4n) is 4.47. The first-order valence-electron chi connectivity index (χ1n) is 13.7. The summed E-state index contributed by atoms with van der Waals surface area (Å²) >= 11 is 0. The van der Waals surface area contributed by atoms with Gasteiger partial charge in [0.2, 0.25) is 0 Å². The van der Waals surface area contributed by atoms with E-state index in [9.17, 15) is 4.79 Å². The summed E-state index contributed by atoms with van der Waals surface area (Å²) in [6.07, 6.45) is 34.2. The third kappa shape index (κ3) is 18.0. The van der Waals surface area contributed by atoms with Gasteiger partial charge in [0.05, 0.1) is 0 Å². The van der Waals surface area contributed by atoms with Crippen LogP contribution >= 0.6 is 0 Å². The smallest absolute Gasteiger partial charge is 0.306 e. The second-order valence-corrected chi connectivity index (χ2v) is 9.50. The molecule has 1 rings (SSSR count). The standard InChI is InChI=1S/C28H52O2/c1-2-3-4-5-6-7-8-9-10-11-12-13-14-15-16-17-18-19-23-26-28(29)30-27-24-21-20-22-25-27/h9-10,27H,2-8,11-26H2,1H3. The van der Waals surface area contributed by atoms with E-state index in [1.165, 1.54) is 122 Å². The number of rotatable bonds is 20. The number of esters is 1. The maximum atomic E-state index is 11.9. The van der Waals surface area contributed by atoms with Gasteiger partial charge < -0.3 is 4.74 Å². The first-order chi connectivity index (χ1) is 14.8. The maximum Gasteiger partial charge on any atom is 0.306 e. The van der Waals surface area contributed by atoms with Gasteiger partial charge in [-0.2, -0.15) is 0 Å².